The highest BCUT2D eigenvalue weighted by Crippen LogP contribution is 2.39. The predicted octanol–water partition coefficient (Wildman–Crippen LogP) is 1.86. The maximum atomic E-state index is 6.06. The zero-order chi connectivity index (χ0) is 12.3. The highest BCUT2D eigenvalue weighted by molar-refractivity contribution is 4.94. The second kappa shape index (κ2) is 5.68. The zero-order valence-corrected chi connectivity index (χ0v) is 11.5. The molecule has 1 heterocycles. The lowest BCUT2D eigenvalue weighted by atomic mass is 9.88. The molecule has 0 spiro atoms. The number of likely N-dealkylation sites (tertiary alicyclic amines) is 1. The van der Waals surface area contributed by atoms with E-state index >= 15 is 0 Å². The van der Waals surface area contributed by atoms with Gasteiger partial charge in [0.05, 0.1) is 6.61 Å². The van der Waals surface area contributed by atoms with Crippen LogP contribution in [-0.2, 0) is 4.74 Å². The number of methoxy groups -OCH3 is 1. The molecule has 1 aliphatic heterocycles. The molecule has 0 radical (unpaired) electrons. The van der Waals surface area contributed by atoms with Crippen LogP contribution in [0.3, 0.4) is 0 Å². The van der Waals surface area contributed by atoms with Crippen LogP contribution < -0.4 is 5.73 Å². The molecule has 2 fully saturated rings. The van der Waals surface area contributed by atoms with Crippen LogP contribution in [0.25, 0.3) is 0 Å². The van der Waals surface area contributed by atoms with Gasteiger partial charge in [-0.3, -0.25) is 4.90 Å². The molecular weight excluding hydrogens is 212 g/mol. The van der Waals surface area contributed by atoms with Crippen LogP contribution in [0.4, 0.5) is 0 Å². The highest BCUT2D eigenvalue weighted by atomic mass is 16.5. The van der Waals surface area contributed by atoms with E-state index in [-0.39, 0.29) is 5.54 Å². The van der Waals surface area contributed by atoms with Gasteiger partial charge >= 0.3 is 0 Å². The van der Waals surface area contributed by atoms with Crippen molar-refractivity contribution < 1.29 is 4.74 Å². The number of nitrogens with zero attached hydrogens (tertiary/aromatic N) is 1. The average molecular weight is 240 g/mol. The van der Waals surface area contributed by atoms with Crippen LogP contribution in [-0.4, -0.2) is 43.8 Å². The molecule has 2 aliphatic rings. The Balaban J connectivity index is 1.92. The second-order valence-electron chi connectivity index (χ2n) is 6.26. The van der Waals surface area contributed by atoms with E-state index in [1.165, 1.54) is 45.2 Å². The first-order chi connectivity index (χ1) is 8.18. The summed E-state index contributed by atoms with van der Waals surface area (Å²) in [6, 6.07) is 0. The van der Waals surface area contributed by atoms with Gasteiger partial charge in [-0.2, -0.15) is 0 Å². The van der Waals surface area contributed by atoms with Gasteiger partial charge in [-0.25, -0.2) is 0 Å². The number of piperidine rings is 1. The van der Waals surface area contributed by atoms with Gasteiger partial charge in [0.2, 0.25) is 0 Å². The first-order valence-electron chi connectivity index (χ1n) is 7.12. The Hall–Kier alpha value is -0.120. The summed E-state index contributed by atoms with van der Waals surface area (Å²) in [5.41, 5.74) is 6.29. The molecule has 3 nitrogen and oxygen atoms in total. The average Bonchev–Trinajstić information content (AvgIpc) is 3.13. The van der Waals surface area contributed by atoms with Gasteiger partial charge in [0.15, 0.2) is 0 Å². The third-order valence-electron chi connectivity index (χ3n) is 4.55. The summed E-state index contributed by atoms with van der Waals surface area (Å²) < 4.78 is 5.31. The number of rotatable bonds is 6. The van der Waals surface area contributed by atoms with E-state index in [1.54, 1.807) is 0 Å². The van der Waals surface area contributed by atoms with E-state index < -0.39 is 0 Å². The van der Waals surface area contributed by atoms with Gasteiger partial charge in [-0.1, -0.05) is 12.8 Å². The number of ether oxygens (including phenoxy) is 1. The quantitative estimate of drug-likeness (QED) is 0.770. The Morgan fingerprint density at radius 1 is 1.29 bits per heavy atom. The van der Waals surface area contributed by atoms with E-state index in [0.29, 0.717) is 5.92 Å². The first-order valence-corrected chi connectivity index (χ1v) is 7.12. The molecule has 0 aromatic rings. The standard InChI is InChI=1S/C14H28N2O/c1-14(11-15,8-12-5-6-12)16-7-3-4-13(9-16)10-17-2/h12-13H,3-11,15H2,1-2H3. The minimum Gasteiger partial charge on any atom is -0.384 e. The topological polar surface area (TPSA) is 38.5 Å². The third-order valence-corrected chi connectivity index (χ3v) is 4.55. The Bertz CT molecular complexity index is 240. The van der Waals surface area contributed by atoms with Crippen molar-refractivity contribution in [3.63, 3.8) is 0 Å². The van der Waals surface area contributed by atoms with E-state index in [9.17, 15) is 0 Å². The fraction of sp³-hybridized carbons (Fsp3) is 1.00. The molecule has 3 heteroatoms. The molecular formula is C14H28N2O. The second-order valence-corrected chi connectivity index (χ2v) is 6.26. The predicted molar refractivity (Wildman–Crippen MR) is 71.0 cm³/mol. The van der Waals surface area contributed by atoms with Crippen LogP contribution in [0.1, 0.15) is 39.0 Å². The van der Waals surface area contributed by atoms with E-state index in [4.69, 9.17) is 10.5 Å². The molecule has 0 amide bonds. The van der Waals surface area contributed by atoms with Gasteiger partial charge in [-0.15, -0.1) is 0 Å². The first kappa shape index (κ1) is 13.3. The van der Waals surface area contributed by atoms with Crippen LogP contribution in [0.5, 0.6) is 0 Å². The molecule has 100 valence electrons. The summed E-state index contributed by atoms with van der Waals surface area (Å²) >= 11 is 0. The molecule has 1 aliphatic carbocycles. The lowest BCUT2D eigenvalue weighted by Crippen LogP contribution is -2.55. The van der Waals surface area contributed by atoms with Crippen molar-refractivity contribution in [3.8, 4) is 0 Å². The van der Waals surface area contributed by atoms with Gasteiger partial charge in [0.25, 0.3) is 0 Å². The van der Waals surface area contributed by atoms with Crippen LogP contribution in [0.15, 0.2) is 0 Å². The van der Waals surface area contributed by atoms with Gasteiger partial charge in [0, 0.05) is 25.7 Å². The fourth-order valence-corrected chi connectivity index (χ4v) is 3.21. The van der Waals surface area contributed by atoms with Crippen LogP contribution >= 0.6 is 0 Å². The van der Waals surface area contributed by atoms with Crippen molar-refractivity contribution in [2.75, 3.05) is 33.4 Å². The van der Waals surface area contributed by atoms with E-state index in [0.717, 1.165) is 19.1 Å². The van der Waals surface area contributed by atoms with Crippen molar-refractivity contribution >= 4 is 0 Å². The van der Waals surface area contributed by atoms with Crippen molar-refractivity contribution in [3.05, 3.63) is 0 Å². The molecule has 1 saturated carbocycles. The van der Waals surface area contributed by atoms with Gasteiger partial charge in [0.1, 0.15) is 0 Å². The normalized spacial score (nSPS) is 30.2. The molecule has 0 aromatic heterocycles. The highest BCUT2D eigenvalue weighted by Gasteiger charge is 2.38. The number of nitrogens with two attached hydrogens (primary N) is 1. The molecule has 2 rings (SSSR count). The Morgan fingerprint density at radius 2 is 2.06 bits per heavy atom. The lowest BCUT2D eigenvalue weighted by molar-refractivity contribution is 0.0240. The van der Waals surface area contributed by atoms with E-state index in [2.05, 4.69) is 11.8 Å². The smallest absolute Gasteiger partial charge is 0.0502 e. The molecule has 2 unspecified atom stereocenters. The summed E-state index contributed by atoms with van der Waals surface area (Å²) in [6.45, 7) is 6.46. The third kappa shape index (κ3) is 3.43. The largest absolute Gasteiger partial charge is 0.384 e. The summed E-state index contributed by atoms with van der Waals surface area (Å²) in [5, 5.41) is 0. The SMILES string of the molecule is COCC1CCCN(C(C)(CN)CC2CC2)C1. The van der Waals surface area contributed by atoms with Crippen molar-refractivity contribution in [2.24, 2.45) is 17.6 Å². The molecule has 2 N–H and O–H groups in total. The Morgan fingerprint density at radius 3 is 2.65 bits per heavy atom. The molecule has 1 saturated heterocycles. The van der Waals surface area contributed by atoms with Gasteiger partial charge < -0.3 is 10.5 Å². The Labute approximate surface area is 106 Å². The fourth-order valence-electron chi connectivity index (χ4n) is 3.21. The van der Waals surface area contributed by atoms with Crippen LogP contribution in [0, 0.1) is 11.8 Å². The summed E-state index contributed by atoms with van der Waals surface area (Å²) in [4.78, 5) is 2.64. The zero-order valence-electron chi connectivity index (χ0n) is 11.5. The summed E-state index contributed by atoms with van der Waals surface area (Å²) in [5.74, 6) is 1.66. The lowest BCUT2D eigenvalue weighted by Gasteiger charge is -2.45. The summed E-state index contributed by atoms with van der Waals surface area (Å²) in [7, 11) is 1.81. The minimum absolute atomic E-state index is 0.230. The monoisotopic (exact) mass is 240 g/mol. The maximum absolute atomic E-state index is 6.06. The Kier molecular flexibility index (Phi) is 4.45. The molecule has 0 bridgehead atoms. The van der Waals surface area contributed by atoms with Crippen molar-refractivity contribution in [1.29, 1.82) is 0 Å². The number of hydrogen-bond donors (Lipinski definition) is 1. The molecule has 17 heavy (non-hydrogen) atoms. The minimum atomic E-state index is 0.230. The molecule has 0 aromatic carbocycles. The molecule has 2 atom stereocenters. The van der Waals surface area contributed by atoms with Crippen LogP contribution in [0.2, 0.25) is 0 Å². The summed E-state index contributed by atoms with van der Waals surface area (Å²) in [6.07, 6.45) is 6.75. The van der Waals surface area contributed by atoms with Gasteiger partial charge in [-0.05, 0) is 44.6 Å². The van der Waals surface area contributed by atoms with E-state index in [1.807, 2.05) is 7.11 Å². The van der Waals surface area contributed by atoms with Crippen molar-refractivity contribution in [2.45, 2.75) is 44.6 Å². The maximum Gasteiger partial charge on any atom is 0.0502 e. The van der Waals surface area contributed by atoms with Crippen molar-refractivity contribution in [1.82, 2.24) is 4.90 Å². The number of hydrogen-bond acceptors (Lipinski definition) is 3.